The SMILES string of the molecule is Oc1cc(O)c(-c2ccco2)cc1O. The topological polar surface area (TPSA) is 73.8 Å². The third-order valence-corrected chi connectivity index (χ3v) is 1.88. The van der Waals surface area contributed by atoms with E-state index in [9.17, 15) is 10.2 Å². The van der Waals surface area contributed by atoms with E-state index in [1.807, 2.05) is 0 Å². The van der Waals surface area contributed by atoms with E-state index in [2.05, 4.69) is 0 Å². The minimum absolute atomic E-state index is 0.143. The van der Waals surface area contributed by atoms with Gasteiger partial charge in [-0.05, 0) is 18.2 Å². The minimum atomic E-state index is -0.363. The van der Waals surface area contributed by atoms with Crippen LogP contribution in [-0.2, 0) is 0 Å². The molecule has 14 heavy (non-hydrogen) atoms. The molecule has 1 aromatic heterocycles. The minimum Gasteiger partial charge on any atom is -0.507 e. The number of furan rings is 1. The highest BCUT2D eigenvalue weighted by Crippen LogP contribution is 2.38. The second-order valence-corrected chi connectivity index (χ2v) is 2.84. The quantitative estimate of drug-likeness (QED) is 0.477. The average molecular weight is 192 g/mol. The predicted octanol–water partition coefficient (Wildman–Crippen LogP) is 2.06. The normalized spacial score (nSPS) is 10.3. The monoisotopic (exact) mass is 192 g/mol. The molecule has 3 N–H and O–H groups in total. The molecule has 0 aliphatic heterocycles. The molecule has 0 spiro atoms. The lowest BCUT2D eigenvalue weighted by atomic mass is 10.1. The fraction of sp³-hybridized carbons (Fsp3) is 0. The molecule has 1 aromatic carbocycles. The van der Waals surface area contributed by atoms with Gasteiger partial charge in [-0.15, -0.1) is 0 Å². The van der Waals surface area contributed by atoms with E-state index in [4.69, 9.17) is 9.52 Å². The van der Waals surface area contributed by atoms with Gasteiger partial charge in [0.05, 0.1) is 11.8 Å². The van der Waals surface area contributed by atoms with Crippen molar-refractivity contribution in [2.75, 3.05) is 0 Å². The van der Waals surface area contributed by atoms with Crippen LogP contribution in [0.2, 0.25) is 0 Å². The molecule has 0 atom stereocenters. The molecular weight excluding hydrogens is 184 g/mol. The van der Waals surface area contributed by atoms with Gasteiger partial charge >= 0.3 is 0 Å². The van der Waals surface area contributed by atoms with Crippen LogP contribution in [0, 0.1) is 0 Å². The zero-order chi connectivity index (χ0) is 10.1. The summed E-state index contributed by atoms with van der Waals surface area (Å²) in [6.07, 6.45) is 1.46. The van der Waals surface area contributed by atoms with E-state index in [0.29, 0.717) is 11.3 Å². The van der Waals surface area contributed by atoms with Gasteiger partial charge in [0.25, 0.3) is 0 Å². The van der Waals surface area contributed by atoms with Gasteiger partial charge in [-0.2, -0.15) is 0 Å². The number of phenolic OH excluding ortho intramolecular Hbond substituents is 3. The Hall–Kier alpha value is -2.10. The first kappa shape index (κ1) is 8.50. The summed E-state index contributed by atoms with van der Waals surface area (Å²) in [5.74, 6) is -0.375. The van der Waals surface area contributed by atoms with Crippen molar-refractivity contribution >= 4 is 0 Å². The van der Waals surface area contributed by atoms with E-state index in [1.165, 1.54) is 12.3 Å². The van der Waals surface area contributed by atoms with Crippen molar-refractivity contribution in [1.29, 1.82) is 0 Å². The maximum atomic E-state index is 9.46. The highest BCUT2D eigenvalue weighted by molar-refractivity contribution is 5.69. The molecule has 4 heteroatoms. The lowest BCUT2D eigenvalue weighted by Crippen LogP contribution is -1.77. The third kappa shape index (κ3) is 1.26. The summed E-state index contributed by atoms with van der Waals surface area (Å²) in [5, 5.41) is 27.8. The van der Waals surface area contributed by atoms with Gasteiger partial charge in [0, 0.05) is 6.07 Å². The van der Waals surface area contributed by atoms with Gasteiger partial charge in [0.15, 0.2) is 11.5 Å². The van der Waals surface area contributed by atoms with Crippen LogP contribution in [0.1, 0.15) is 0 Å². The summed E-state index contributed by atoms with van der Waals surface area (Å²) >= 11 is 0. The summed E-state index contributed by atoms with van der Waals surface area (Å²) in [6.45, 7) is 0. The van der Waals surface area contributed by atoms with E-state index >= 15 is 0 Å². The molecule has 1 heterocycles. The van der Waals surface area contributed by atoms with E-state index in [1.54, 1.807) is 12.1 Å². The van der Waals surface area contributed by atoms with Crippen LogP contribution < -0.4 is 0 Å². The second-order valence-electron chi connectivity index (χ2n) is 2.84. The first-order valence-corrected chi connectivity index (χ1v) is 3.97. The highest BCUT2D eigenvalue weighted by Gasteiger charge is 2.11. The van der Waals surface area contributed by atoms with Crippen molar-refractivity contribution in [2.45, 2.75) is 0 Å². The van der Waals surface area contributed by atoms with Crippen LogP contribution >= 0.6 is 0 Å². The molecule has 0 saturated heterocycles. The molecular formula is C10H8O4. The first-order chi connectivity index (χ1) is 6.68. The smallest absolute Gasteiger partial charge is 0.161 e. The molecule has 0 radical (unpaired) electrons. The van der Waals surface area contributed by atoms with Gasteiger partial charge < -0.3 is 19.7 Å². The van der Waals surface area contributed by atoms with Crippen molar-refractivity contribution in [2.24, 2.45) is 0 Å². The van der Waals surface area contributed by atoms with Crippen molar-refractivity contribution in [3.05, 3.63) is 30.5 Å². The van der Waals surface area contributed by atoms with Crippen molar-refractivity contribution in [3.8, 4) is 28.6 Å². The second kappa shape index (κ2) is 2.99. The lowest BCUT2D eigenvalue weighted by molar-refractivity contribution is 0.396. The van der Waals surface area contributed by atoms with Crippen molar-refractivity contribution in [3.63, 3.8) is 0 Å². The number of hydrogen-bond acceptors (Lipinski definition) is 4. The summed E-state index contributed by atoms with van der Waals surface area (Å²) < 4.78 is 5.04. The molecule has 2 rings (SSSR count). The zero-order valence-corrected chi connectivity index (χ0v) is 7.14. The van der Waals surface area contributed by atoms with Gasteiger partial charge in [-0.3, -0.25) is 0 Å². The van der Waals surface area contributed by atoms with Gasteiger partial charge in [0.2, 0.25) is 0 Å². The van der Waals surface area contributed by atoms with Crippen LogP contribution in [0.5, 0.6) is 17.2 Å². The maximum absolute atomic E-state index is 9.46. The summed E-state index contributed by atoms with van der Waals surface area (Å²) in [4.78, 5) is 0. The number of phenols is 3. The first-order valence-electron chi connectivity index (χ1n) is 3.97. The van der Waals surface area contributed by atoms with Crippen LogP contribution in [0.15, 0.2) is 34.9 Å². The Morgan fingerprint density at radius 3 is 2.29 bits per heavy atom. The molecule has 0 aliphatic rings. The molecule has 0 fully saturated rings. The molecule has 0 amide bonds. The Bertz CT molecular complexity index is 445. The Balaban J connectivity index is 2.60. The van der Waals surface area contributed by atoms with Crippen LogP contribution in [0.4, 0.5) is 0 Å². The van der Waals surface area contributed by atoms with Crippen LogP contribution in [0.25, 0.3) is 11.3 Å². The Labute approximate surface area is 79.7 Å². The van der Waals surface area contributed by atoms with Gasteiger partial charge in [-0.1, -0.05) is 0 Å². The number of hydrogen-bond donors (Lipinski definition) is 3. The van der Waals surface area contributed by atoms with Crippen molar-refractivity contribution in [1.82, 2.24) is 0 Å². The molecule has 72 valence electrons. The zero-order valence-electron chi connectivity index (χ0n) is 7.14. The Morgan fingerprint density at radius 1 is 0.929 bits per heavy atom. The number of benzene rings is 1. The maximum Gasteiger partial charge on any atom is 0.161 e. The largest absolute Gasteiger partial charge is 0.507 e. The molecule has 0 unspecified atom stereocenters. The van der Waals surface area contributed by atoms with Crippen molar-refractivity contribution < 1.29 is 19.7 Å². The highest BCUT2D eigenvalue weighted by atomic mass is 16.3. The third-order valence-electron chi connectivity index (χ3n) is 1.88. The molecule has 0 saturated carbocycles. The Kier molecular flexibility index (Phi) is 1.81. The molecule has 2 aromatic rings. The van der Waals surface area contributed by atoms with Gasteiger partial charge in [0.1, 0.15) is 11.5 Å². The number of rotatable bonds is 1. The van der Waals surface area contributed by atoms with E-state index in [-0.39, 0.29) is 17.2 Å². The Morgan fingerprint density at radius 2 is 1.64 bits per heavy atom. The predicted molar refractivity (Wildman–Crippen MR) is 49.1 cm³/mol. The number of aromatic hydroxyl groups is 3. The molecule has 0 bridgehead atoms. The van der Waals surface area contributed by atoms with Gasteiger partial charge in [-0.25, -0.2) is 0 Å². The summed E-state index contributed by atoms with van der Waals surface area (Å²) in [5.41, 5.74) is 0.338. The summed E-state index contributed by atoms with van der Waals surface area (Å²) in [7, 11) is 0. The summed E-state index contributed by atoms with van der Waals surface area (Å²) in [6, 6.07) is 5.61. The van der Waals surface area contributed by atoms with Crippen LogP contribution in [-0.4, -0.2) is 15.3 Å². The van der Waals surface area contributed by atoms with E-state index < -0.39 is 0 Å². The molecule has 0 aliphatic carbocycles. The molecule has 4 nitrogen and oxygen atoms in total. The lowest BCUT2D eigenvalue weighted by Gasteiger charge is -2.03. The fourth-order valence-electron chi connectivity index (χ4n) is 1.19. The van der Waals surface area contributed by atoms with E-state index in [0.717, 1.165) is 6.07 Å². The van der Waals surface area contributed by atoms with Crippen LogP contribution in [0.3, 0.4) is 0 Å². The fourth-order valence-corrected chi connectivity index (χ4v) is 1.19. The standard InChI is InChI=1S/C10H8O4/c11-7-5-9(13)8(12)4-6(7)10-2-1-3-14-10/h1-5,11-13H. The average Bonchev–Trinajstić information content (AvgIpc) is 2.64.